The number of phosphoric ester groups is 1. The molecular formula is C67H127N2O14P. The van der Waals surface area contributed by atoms with Crippen molar-refractivity contribution in [2.75, 3.05) is 26.9 Å². The Bertz CT molecular complexity index is 1690. The van der Waals surface area contributed by atoms with Crippen LogP contribution in [0.3, 0.4) is 0 Å². The number of carbonyl (C=O) groups is 3. The molecule has 0 bridgehead atoms. The van der Waals surface area contributed by atoms with Crippen LogP contribution < -0.4 is 10.6 Å². The van der Waals surface area contributed by atoms with Gasteiger partial charge < -0.3 is 53.9 Å². The maximum absolute atomic E-state index is 14.0. The summed E-state index contributed by atoms with van der Waals surface area (Å²) in [4.78, 5) is 61.3. The van der Waals surface area contributed by atoms with Gasteiger partial charge in [0.25, 0.3) is 0 Å². The number of carbonyl (C=O) groups excluding carboxylic acids is 3. The van der Waals surface area contributed by atoms with E-state index in [2.05, 4.69) is 57.4 Å². The molecule has 0 aliphatic carbocycles. The van der Waals surface area contributed by atoms with Crippen molar-refractivity contribution in [3.8, 4) is 0 Å². The average Bonchev–Trinajstić information content (AvgIpc) is 2.60. The van der Waals surface area contributed by atoms with Crippen molar-refractivity contribution < 1.29 is 66.8 Å². The van der Waals surface area contributed by atoms with Crippen LogP contribution in [0.15, 0.2) is 12.2 Å². The van der Waals surface area contributed by atoms with Crippen LogP contribution in [0.1, 0.15) is 305 Å². The Balaban J connectivity index is 2.30. The van der Waals surface area contributed by atoms with E-state index in [9.17, 15) is 33.8 Å². The van der Waals surface area contributed by atoms with Crippen LogP contribution in [0, 0.1) is 5.92 Å². The highest BCUT2D eigenvalue weighted by Crippen LogP contribution is 2.41. The highest BCUT2D eigenvalue weighted by atomic mass is 31.2. The molecular weight excluding hydrogens is 1090 g/mol. The molecule has 0 spiro atoms. The van der Waals surface area contributed by atoms with E-state index in [4.69, 9.17) is 32.9 Å². The summed E-state index contributed by atoms with van der Waals surface area (Å²) >= 11 is 0. The highest BCUT2D eigenvalue weighted by molar-refractivity contribution is 7.46. The molecule has 2 saturated heterocycles. The minimum atomic E-state index is -5.28. The summed E-state index contributed by atoms with van der Waals surface area (Å²) in [5.74, 6) is -1.26. The maximum Gasteiger partial charge on any atom is 0.472 e. The molecule has 5 N–H and O–H groups in total. The molecule has 2 fully saturated rings. The number of rotatable bonds is 56. The molecule has 17 heteroatoms. The first-order valence-corrected chi connectivity index (χ1v) is 36.1. The Labute approximate surface area is 511 Å². The normalized spacial score (nSPS) is 23.3. The number of amides is 2. The molecule has 11 atom stereocenters. The van der Waals surface area contributed by atoms with Gasteiger partial charge in [-0.2, -0.15) is 0 Å². The summed E-state index contributed by atoms with van der Waals surface area (Å²) < 4.78 is 56.4. The van der Waals surface area contributed by atoms with E-state index in [0.717, 1.165) is 103 Å². The second-order valence-corrected chi connectivity index (χ2v) is 25.8. The lowest BCUT2D eigenvalue weighted by atomic mass is 9.87. The van der Waals surface area contributed by atoms with Crippen molar-refractivity contribution in [2.24, 2.45) is 5.92 Å². The molecule has 84 heavy (non-hydrogen) atoms. The summed E-state index contributed by atoms with van der Waals surface area (Å²) in [6.45, 7) is 13.1. The largest absolute Gasteiger partial charge is 0.472 e. The van der Waals surface area contributed by atoms with Gasteiger partial charge in [0.05, 0.1) is 31.3 Å². The second-order valence-electron chi connectivity index (χ2n) is 24.6. The molecule has 16 nitrogen and oxygen atoms in total. The van der Waals surface area contributed by atoms with Crippen LogP contribution in [-0.4, -0.2) is 121 Å². The minimum absolute atomic E-state index is 0.0170. The van der Waals surface area contributed by atoms with E-state index >= 15 is 0 Å². The third kappa shape index (κ3) is 37.2. The predicted molar refractivity (Wildman–Crippen MR) is 338 cm³/mol. The summed E-state index contributed by atoms with van der Waals surface area (Å²) in [6, 6.07) is -2.18. The van der Waals surface area contributed by atoms with Crippen molar-refractivity contribution in [3.05, 3.63) is 12.2 Å². The lowest BCUT2D eigenvalue weighted by Crippen LogP contribution is -2.66. The van der Waals surface area contributed by atoms with Crippen LogP contribution >= 0.6 is 7.82 Å². The van der Waals surface area contributed by atoms with Gasteiger partial charge in [0.1, 0.15) is 36.2 Å². The van der Waals surface area contributed by atoms with Crippen LogP contribution in [-0.2, 0) is 51.9 Å². The molecule has 0 aromatic heterocycles. The molecule has 8 unspecified atom stereocenters. The minimum Gasteiger partial charge on any atom is -0.388 e. The van der Waals surface area contributed by atoms with Gasteiger partial charge in [0.15, 0.2) is 12.6 Å². The van der Waals surface area contributed by atoms with E-state index < -0.39 is 69.2 Å². The number of methoxy groups -OCH3 is 1. The number of phosphoric acid groups is 1. The first-order valence-electron chi connectivity index (χ1n) is 34.6. The van der Waals surface area contributed by atoms with Crippen molar-refractivity contribution in [2.45, 2.75) is 366 Å². The maximum atomic E-state index is 14.0. The summed E-state index contributed by atoms with van der Waals surface area (Å²) in [5.41, 5.74) is 0. The monoisotopic (exact) mass is 1210 g/mol. The van der Waals surface area contributed by atoms with Crippen molar-refractivity contribution in [1.82, 2.24) is 10.6 Å². The van der Waals surface area contributed by atoms with E-state index in [1.54, 1.807) is 7.11 Å². The number of Topliss-reactive ketones (excluding diaryl/α,β-unsaturated/α-hetero) is 1. The average molecular weight is 1220 g/mol. The van der Waals surface area contributed by atoms with Crippen LogP contribution in [0.4, 0.5) is 0 Å². The van der Waals surface area contributed by atoms with Gasteiger partial charge in [-0.15, -0.1) is 0 Å². The van der Waals surface area contributed by atoms with Crippen molar-refractivity contribution in [1.29, 1.82) is 0 Å². The fourth-order valence-corrected chi connectivity index (χ4v) is 12.3. The Kier molecular flexibility index (Phi) is 47.5. The van der Waals surface area contributed by atoms with Gasteiger partial charge in [-0.1, -0.05) is 233 Å². The number of aliphatic hydroxyl groups excluding tert-OH is 1. The molecule has 494 valence electrons. The number of ether oxygens (including phenoxy) is 6. The van der Waals surface area contributed by atoms with E-state index in [1.807, 2.05) is 6.92 Å². The zero-order valence-electron chi connectivity index (χ0n) is 54.4. The standard InChI is InChI=1S/C67H127N2O14P/c1-8-13-17-21-24-27-28-29-30-31-32-34-36-40-44-48-59(71)68-61-64(79-51-49-56(77-7)47-43-38-20-16-11-4)54(6)57(12-5)81-66(61)80-53-58-63(73)65(78-50-45-41-37-26-23-19-15-10-3)62(67(82-58)83-84(74,75)76)69-60(72)52-55(70)46-42-39-35-33-25-22-18-14-9-2/h27-28,54,56-58,61-67,73H,8-26,29-53H2,1-7H3,(H,68,71)(H,69,72)(H2,74,75,76)/b28-27-/t54-,56?,57-,58-,61?,62?,63?,64?,65?,66?,67?/m1/s1. The number of unbranched alkanes of at least 4 members (excludes halogenated alkanes) is 30. The topological polar surface area (TPSA) is 218 Å². The number of aliphatic hydroxyl groups is 1. The molecule has 2 aliphatic heterocycles. The van der Waals surface area contributed by atoms with Gasteiger partial charge in [-0.05, 0) is 64.2 Å². The Morgan fingerprint density at radius 3 is 1.51 bits per heavy atom. The third-order valence-corrected chi connectivity index (χ3v) is 17.5. The molecule has 2 amide bonds. The highest BCUT2D eigenvalue weighted by Gasteiger charge is 2.51. The fourth-order valence-electron chi connectivity index (χ4n) is 11.8. The summed E-state index contributed by atoms with van der Waals surface area (Å²) in [7, 11) is -3.54. The van der Waals surface area contributed by atoms with Gasteiger partial charge in [0, 0.05) is 39.1 Å². The third-order valence-electron chi connectivity index (χ3n) is 17.1. The Hall–Kier alpha value is -1.82. The number of nitrogens with one attached hydrogen (secondary N) is 2. The lowest BCUT2D eigenvalue weighted by molar-refractivity contribution is -0.292. The number of ketones is 1. The quantitative estimate of drug-likeness (QED) is 0.0166. The zero-order chi connectivity index (χ0) is 61.5. The molecule has 0 aromatic rings. The van der Waals surface area contributed by atoms with Crippen molar-refractivity contribution in [3.63, 3.8) is 0 Å². The van der Waals surface area contributed by atoms with Crippen molar-refractivity contribution >= 4 is 25.4 Å². The number of hydrogen-bond donors (Lipinski definition) is 5. The summed E-state index contributed by atoms with van der Waals surface area (Å²) in [5, 5.41) is 18.2. The van der Waals surface area contributed by atoms with Crippen LogP contribution in [0.2, 0.25) is 0 Å². The van der Waals surface area contributed by atoms with Gasteiger partial charge >= 0.3 is 7.82 Å². The molecule has 2 rings (SSSR count). The number of hydrogen-bond acceptors (Lipinski definition) is 12. The summed E-state index contributed by atoms with van der Waals surface area (Å²) in [6.07, 6.45) is 38.0. The molecule has 0 radical (unpaired) electrons. The van der Waals surface area contributed by atoms with Crippen LogP contribution in [0.25, 0.3) is 0 Å². The first kappa shape index (κ1) is 78.3. The molecule has 0 saturated carbocycles. The zero-order valence-corrected chi connectivity index (χ0v) is 55.3. The van der Waals surface area contributed by atoms with Crippen LogP contribution in [0.5, 0.6) is 0 Å². The molecule has 2 aliphatic rings. The SMILES string of the molecule is CCCCCC/C=C\CCCCCCCCCC(=O)NC1C(OC[C@H]2OC(OP(=O)(O)O)C(NC(=O)CC(=O)CCCCCCCCCCC)C(OCCCCCCCCCC)C2O)O[C@H](CC)[C@@H](C)C1OCCC(CCCCCCC)OC. The smallest absolute Gasteiger partial charge is 0.388 e. The fraction of sp³-hybridized carbons (Fsp3) is 0.925. The predicted octanol–water partition coefficient (Wildman–Crippen LogP) is 15.5. The lowest BCUT2D eigenvalue weighted by Gasteiger charge is -2.47. The van der Waals surface area contributed by atoms with E-state index in [0.29, 0.717) is 38.7 Å². The first-order chi connectivity index (χ1) is 40.7. The molecule has 2 heterocycles. The van der Waals surface area contributed by atoms with E-state index in [1.165, 1.54) is 116 Å². The number of allylic oxidation sites excluding steroid dienone is 2. The van der Waals surface area contributed by atoms with Gasteiger partial charge in [0.2, 0.25) is 11.8 Å². The second kappa shape index (κ2) is 51.0. The Morgan fingerprint density at radius 2 is 0.976 bits per heavy atom. The van der Waals surface area contributed by atoms with E-state index in [-0.39, 0.29) is 49.5 Å². The Morgan fingerprint density at radius 1 is 0.524 bits per heavy atom. The van der Waals surface area contributed by atoms with Gasteiger partial charge in [-0.25, -0.2) is 4.57 Å². The van der Waals surface area contributed by atoms with Gasteiger partial charge in [-0.3, -0.25) is 18.9 Å². The molecule has 0 aromatic carbocycles.